The first kappa shape index (κ1) is 29.3. The van der Waals surface area contributed by atoms with E-state index < -0.39 is 12.1 Å². The van der Waals surface area contributed by atoms with Gasteiger partial charge in [-0.1, -0.05) is 32.4 Å². The monoisotopic (exact) mass is 586 g/mol. The van der Waals surface area contributed by atoms with Crippen LogP contribution in [0.4, 0.5) is 5.82 Å². The molecule has 1 unspecified atom stereocenters. The Morgan fingerprint density at radius 1 is 1.12 bits per heavy atom. The van der Waals surface area contributed by atoms with Crippen molar-refractivity contribution >= 4 is 17.4 Å². The van der Waals surface area contributed by atoms with Crippen LogP contribution in [0.5, 0.6) is 0 Å². The number of piperidine rings is 1. The number of ether oxygens (including phenoxy) is 2. The summed E-state index contributed by atoms with van der Waals surface area (Å²) >= 11 is 0. The maximum absolute atomic E-state index is 12.7. The van der Waals surface area contributed by atoms with E-state index in [0.717, 1.165) is 73.6 Å². The standard InChI is InChI=1S/C33H42N6O4/c1-22(2)21-42-30(32(40)41)29-23(3)34-28-20-27-24-9-8-11-26(19-24)38-15-12-25(35-38)10-6-5-7-18-43-33(4)13-16-37(17-14-33)31(29)39(28)36-27/h8-9,11-12,15,19-20,22,30H,5-7,10,13-14,16-18,21H2,1-4H3,(H,40,41). The van der Waals surface area contributed by atoms with Crippen molar-refractivity contribution in [2.75, 3.05) is 31.2 Å². The van der Waals surface area contributed by atoms with Gasteiger partial charge < -0.3 is 19.5 Å². The fourth-order valence-corrected chi connectivity index (χ4v) is 6.12. The maximum atomic E-state index is 12.7. The second-order valence-corrected chi connectivity index (χ2v) is 12.6. The number of benzene rings is 1. The number of aryl methyl sites for hydroxylation is 2. The molecular formula is C33H42N6O4. The van der Waals surface area contributed by atoms with Gasteiger partial charge in [-0.2, -0.15) is 14.7 Å². The number of nitrogens with zero attached hydrogens (tertiary/aromatic N) is 6. The second-order valence-electron chi connectivity index (χ2n) is 12.6. The number of anilines is 1. The van der Waals surface area contributed by atoms with Crippen LogP contribution in [0.1, 0.15) is 75.9 Å². The quantitative estimate of drug-likeness (QED) is 0.313. The summed E-state index contributed by atoms with van der Waals surface area (Å²) in [7, 11) is 0. The summed E-state index contributed by atoms with van der Waals surface area (Å²) in [5.41, 5.74) is 5.36. The minimum Gasteiger partial charge on any atom is -0.479 e. The van der Waals surface area contributed by atoms with Gasteiger partial charge in [-0.3, -0.25) is 0 Å². The summed E-state index contributed by atoms with van der Waals surface area (Å²) < 4.78 is 16.2. The van der Waals surface area contributed by atoms with E-state index in [9.17, 15) is 9.90 Å². The van der Waals surface area contributed by atoms with Crippen LogP contribution in [0.3, 0.4) is 0 Å². The zero-order valence-electron chi connectivity index (χ0n) is 25.6. The van der Waals surface area contributed by atoms with E-state index in [1.807, 2.05) is 60.4 Å². The third-order valence-corrected chi connectivity index (χ3v) is 8.59. The van der Waals surface area contributed by atoms with Crippen molar-refractivity contribution in [2.45, 2.75) is 77.9 Å². The fourth-order valence-electron chi connectivity index (χ4n) is 6.12. The van der Waals surface area contributed by atoms with Gasteiger partial charge in [0.25, 0.3) is 0 Å². The first-order valence-corrected chi connectivity index (χ1v) is 15.5. The zero-order valence-corrected chi connectivity index (χ0v) is 25.6. The van der Waals surface area contributed by atoms with E-state index in [-0.39, 0.29) is 11.5 Å². The molecule has 10 heteroatoms. The lowest BCUT2D eigenvalue weighted by Gasteiger charge is -2.41. The molecule has 0 spiro atoms. The van der Waals surface area contributed by atoms with Gasteiger partial charge >= 0.3 is 5.97 Å². The summed E-state index contributed by atoms with van der Waals surface area (Å²) in [4.78, 5) is 19.8. The van der Waals surface area contributed by atoms with Crippen molar-refractivity contribution in [2.24, 2.45) is 5.92 Å². The Bertz CT molecular complexity index is 1600. The van der Waals surface area contributed by atoms with Crippen LogP contribution in [-0.2, 0) is 20.7 Å². The Morgan fingerprint density at radius 3 is 2.70 bits per heavy atom. The van der Waals surface area contributed by atoms with Crippen molar-refractivity contribution in [3.63, 3.8) is 0 Å². The predicted octanol–water partition coefficient (Wildman–Crippen LogP) is 5.79. The summed E-state index contributed by atoms with van der Waals surface area (Å²) in [6.07, 6.45) is 6.63. The molecule has 3 aromatic heterocycles. The average molecular weight is 587 g/mol. The van der Waals surface area contributed by atoms with E-state index in [1.54, 1.807) is 0 Å². The Hall–Kier alpha value is -3.76. The van der Waals surface area contributed by atoms with Crippen LogP contribution in [0.15, 0.2) is 42.6 Å². The third kappa shape index (κ3) is 6.17. The second kappa shape index (κ2) is 12.1. The molecule has 1 fully saturated rings. The van der Waals surface area contributed by atoms with Gasteiger partial charge in [-0.15, -0.1) is 0 Å². The molecule has 8 bridgehead atoms. The van der Waals surface area contributed by atoms with Gasteiger partial charge in [0.2, 0.25) is 0 Å². The largest absolute Gasteiger partial charge is 0.479 e. The lowest BCUT2D eigenvalue weighted by molar-refractivity contribution is -0.151. The predicted molar refractivity (Wildman–Crippen MR) is 165 cm³/mol. The maximum Gasteiger partial charge on any atom is 0.337 e. The van der Waals surface area contributed by atoms with Gasteiger partial charge in [-0.25, -0.2) is 14.5 Å². The summed E-state index contributed by atoms with van der Waals surface area (Å²) in [6, 6.07) is 12.2. The van der Waals surface area contributed by atoms with Crippen molar-refractivity contribution in [3.05, 3.63) is 59.5 Å². The Kier molecular flexibility index (Phi) is 8.24. The summed E-state index contributed by atoms with van der Waals surface area (Å²) in [5, 5.41) is 20.2. The smallest absolute Gasteiger partial charge is 0.337 e. The molecule has 0 saturated carbocycles. The normalized spacial score (nSPS) is 17.9. The number of carbonyl (C=O) groups is 1. The Labute approximate surface area is 252 Å². The molecule has 1 aromatic carbocycles. The molecule has 228 valence electrons. The van der Waals surface area contributed by atoms with Crippen molar-refractivity contribution in [1.82, 2.24) is 24.4 Å². The Morgan fingerprint density at radius 2 is 1.93 bits per heavy atom. The van der Waals surface area contributed by atoms with E-state index in [2.05, 4.69) is 24.0 Å². The van der Waals surface area contributed by atoms with Gasteiger partial charge in [-0.05, 0) is 70.1 Å². The molecule has 7 rings (SSSR count). The minimum absolute atomic E-state index is 0.185. The fraction of sp³-hybridized carbons (Fsp3) is 0.515. The van der Waals surface area contributed by atoms with Crippen LogP contribution in [-0.4, -0.2) is 67.4 Å². The molecule has 3 aliphatic heterocycles. The topological polar surface area (TPSA) is 107 Å². The molecule has 3 aliphatic rings. The number of rotatable bonds is 5. The highest BCUT2D eigenvalue weighted by Crippen LogP contribution is 2.37. The first-order chi connectivity index (χ1) is 20.7. The first-order valence-electron chi connectivity index (χ1n) is 15.5. The number of carboxylic acid groups (broad SMARTS) is 1. The number of aromatic nitrogens is 5. The number of carboxylic acids is 1. The average Bonchev–Trinajstić information content (AvgIpc) is 3.62. The van der Waals surface area contributed by atoms with Gasteiger partial charge in [0.1, 0.15) is 5.82 Å². The van der Waals surface area contributed by atoms with Crippen molar-refractivity contribution in [3.8, 4) is 16.9 Å². The van der Waals surface area contributed by atoms with E-state index >= 15 is 0 Å². The molecule has 43 heavy (non-hydrogen) atoms. The lowest BCUT2D eigenvalue weighted by Crippen LogP contribution is -2.45. The molecule has 1 saturated heterocycles. The molecule has 10 nitrogen and oxygen atoms in total. The number of fused-ring (bicyclic) bond motifs is 7. The third-order valence-electron chi connectivity index (χ3n) is 8.59. The van der Waals surface area contributed by atoms with E-state index in [1.165, 1.54) is 0 Å². The molecule has 0 radical (unpaired) electrons. The molecule has 6 heterocycles. The van der Waals surface area contributed by atoms with Crippen LogP contribution < -0.4 is 4.90 Å². The molecular weight excluding hydrogens is 544 g/mol. The zero-order chi connectivity index (χ0) is 30.1. The summed E-state index contributed by atoms with van der Waals surface area (Å²) in [6.45, 7) is 10.6. The molecule has 4 aromatic rings. The van der Waals surface area contributed by atoms with E-state index in [4.69, 9.17) is 24.7 Å². The van der Waals surface area contributed by atoms with Crippen molar-refractivity contribution < 1.29 is 19.4 Å². The SMILES string of the molecule is Cc1nc2cc3nn2c(c1C(OCC(C)C)C(=O)O)N1CCC(C)(CC1)OCCCCCc1ccn(n1)-c1cccc-3c1. The van der Waals surface area contributed by atoms with Crippen molar-refractivity contribution in [1.29, 1.82) is 0 Å². The highest BCUT2D eigenvalue weighted by molar-refractivity contribution is 5.79. The van der Waals surface area contributed by atoms with Crippen LogP contribution in [0.25, 0.3) is 22.6 Å². The van der Waals surface area contributed by atoms with Gasteiger partial charge in [0.15, 0.2) is 11.8 Å². The Balaban J connectivity index is 1.50. The van der Waals surface area contributed by atoms with Crippen LogP contribution >= 0.6 is 0 Å². The minimum atomic E-state index is -1.16. The summed E-state index contributed by atoms with van der Waals surface area (Å²) in [5.74, 6) is -0.115. The van der Waals surface area contributed by atoms with Gasteiger partial charge in [0, 0.05) is 43.2 Å². The highest BCUT2D eigenvalue weighted by Gasteiger charge is 2.36. The number of hydrogen-bond acceptors (Lipinski definition) is 7. The van der Waals surface area contributed by atoms with Crippen LogP contribution in [0.2, 0.25) is 0 Å². The molecule has 0 aliphatic carbocycles. The lowest BCUT2D eigenvalue weighted by atomic mass is 9.92. The molecule has 1 N–H and O–H groups in total. The molecule has 1 atom stereocenters. The van der Waals surface area contributed by atoms with Gasteiger partial charge in [0.05, 0.1) is 34.8 Å². The highest BCUT2D eigenvalue weighted by atomic mass is 16.5. The number of hydrogen-bond donors (Lipinski definition) is 1. The number of aliphatic carboxylic acids is 1. The molecule has 0 amide bonds. The van der Waals surface area contributed by atoms with Crippen LogP contribution in [0, 0.1) is 12.8 Å². The van der Waals surface area contributed by atoms with E-state index in [0.29, 0.717) is 36.6 Å².